The predicted molar refractivity (Wildman–Crippen MR) is 143 cm³/mol. The molecule has 1 unspecified atom stereocenters. The number of aryl methyl sites for hydroxylation is 2. The average molecular weight is 532 g/mol. The third-order valence-electron chi connectivity index (χ3n) is 5.95. The molecule has 1 saturated heterocycles. The van der Waals surface area contributed by atoms with Gasteiger partial charge in [0.05, 0.1) is 11.6 Å². The van der Waals surface area contributed by atoms with E-state index in [1.54, 1.807) is 55.5 Å². The molecule has 0 saturated carbocycles. The molecule has 1 aliphatic rings. The molecule has 4 aromatic rings. The van der Waals surface area contributed by atoms with E-state index >= 15 is 0 Å². The molecule has 1 aliphatic heterocycles. The molecule has 0 bridgehead atoms. The summed E-state index contributed by atoms with van der Waals surface area (Å²) in [6.45, 7) is 4.18. The molecule has 1 fully saturated rings. The van der Waals surface area contributed by atoms with E-state index in [1.807, 2.05) is 25.1 Å². The Bertz CT molecular complexity index is 1530. The zero-order valence-electron chi connectivity index (χ0n) is 20.0. The molecule has 7 nitrogen and oxygen atoms in total. The van der Waals surface area contributed by atoms with E-state index in [0.29, 0.717) is 33.5 Å². The number of carbonyl (C=O) groups excluding carboxylic acids is 2. The molecular formula is C28H22ClN3O4S. The van der Waals surface area contributed by atoms with E-state index in [0.717, 1.165) is 11.1 Å². The molecule has 9 heteroatoms. The van der Waals surface area contributed by atoms with Gasteiger partial charge in [-0.25, -0.2) is 0 Å². The predicted octanol–water partition coefficient (Wildman–Crippen LogP) is 6.01. The maximum atomic E-state index is 13.2. The lowest BCUT2D eigenvalue weighted by Crippen LogP contribution is -2.29. The van der Waals surface area contributed by atoms with Crippen molar-refractivity contribution in [2.24, 2.45) is 0 Å². The van der Waals surface area contributed by atoms with Crippen LogP contribution in [0.3, 0.4) is 0 Å². The highest BCUT2D eigenvalue weighted by molar-refractivity contribution is 7.15. The summed E-state index contributed by atoms with van der Waals surface area (Å²) in [5.74, 6) is -1.29. The summed E-state index contributed by atoms with van der Waals surface area (Å²) in [6, 6.07) is 20.7. The highest BCUT2D eigenvalue weighted by Crippen LogP contribution is 2.43. The number of Topliss-reactive ketones (excluding diaryl/α,β-unsaturated/α-hetero) is 1. The van der Waals surface area contributed by atoms with Crippen LogP contribution in [-0.4, -0.2) is 27.0 Å². The molecular weight excluding hydrogens is 510 g/mol. The van der Waals surface area contributed by atoms with Crippen LogP contribution in [0.25, 0.3) is 5.76 Å². The molecule has 37 heavy (non-hydrogen) atoms. The molecule has 2 heterocycles. The molecule has 0 spiro atoms. The molecule has 0 aliphatic carbocycles. The number of hydrogen-bond acceptors (Lipinski definition) is 7. The summed E-state index contributed by atoms with van der Waals surface area (Å²) >= 11 is 7.42. The van der Waals surface area contributed by atoms with E-state index in [1.165, 1.54) is 16.2 Å². The Morgan fingerprint density at radius 3 is 2.46 bits per heavy atom. The first kappa shape index (κ1) is 24.7. The third kappa shape index (κ3) is 4.98. The number of hydrogen-bond donors (Lipinski definition) is 1. The molecule has 3 aromatic carbocycles. The van der Waals surface area contributed by atoms with Gasteiger partial charge in [-0.3, -0.25) is 14.5 Å². The zero-order chi connectivity index (χ0) is 26.1. The van der Waals surface area contributed by atoms with E-state index in [4.69, 9.17) is 16.3 Å². The van der Waals surface area contributed by atoms with Gasteiger partial charge >= 0.3 is 5.91 Å². The van der Waals surface area contributed by atoms with Crippen LogP contribution >= 0.6 is 22.9 Å². The molecule has 5 rings (SSSR count). The van der Waals surface area contributed by atoms with Gasteiger partial charge in [0, 0.05) is 10.6 Å². The van der Waals surface area contributed by atoms with Gasteiger partial charge in [-0.2, -0.15) is 0 Å². The van der Waals surface area contributed by atoms with Crippen molar-refractivity contribution < 1.29 is 19.4 Å². The maximum Gasteiger partial charge on any atom is 0.301 e. The number of halogens is 1. The standard InChI is InChI=1S/C28H22ClN3O4S/c1-16-5-3-6-18(13-16)15-36-22-11-9-19(10-12-22)25(33)23-24(20-7-4-8-21(29)14-20)32(27(35)26(23)34)28-31-30-17(2)37-28/h3-14,24,33H,15H2,1-2H3/b25-23-. The second-order valence-electron chi connectivity index (χ2n) is 8.63. The van der Waals surface area contributed by atoms with Crippen molar-refractivity contribution in [3.05, 3.63) is 111 Å². The van der Waals surface area contributed by atoms with Crippen molar-refractivity contribution in [2.75, 3.05) is 4.90 Å². The van der Waals surface area contributed by atoms with Gasteiger partial charge in [0.25, 0.3) is 5.78 Å². The quantitative estimate of drug-likeness (QED) is 0.186. The highest BCUT2D eigenvalue weighted by atomic mass is 35.5. The van der Waals surface area contributed by atoms with E-state index in [9.17, 15) is 14.7 Å². The number of carbonyl (C=O) groups is 2. The fourth-order valence-corrected chi connectivity index (χ4v) is 5.15. The Balaban J connectivity index is 1.50. The number of ketones is 1. The zero-order valence-corrected chi connectivity index (χ0v) is 21.6. The van der Waals surface area contributed by atoms with E-state index in [-0.39, 0.29) is 16.5 Å². The minimum atomic E-state index is -0.914. The van der Waals surface area contributed by atoms with E-state index < -0.39 is 17.7 Å². The number of amides is 1. The van der Waals surface area contributed by atoms with Crippen LogP contribution in [0.2, 0.25) is 5.02 Å². The van der Waals surface area contributed by atoms with Crippen molar-refractivity contribution in [1.29, 1.82) is 0 Å². The van der Waals surface area contributed by atoms with Crippen LogP contribution in [0.4, 0.5) is 5.13 Å². The smallest absolute Gasteiger partial charge is 0.301 e. The first-order valence-electron chi connectivity index (χ1n) is 11.5. The lowest BCUT2D eigenvalue weighted by molar-refractivity contribution is -0.132. The van der Waals surface area contributed by atoms with E-state index in [2.05, 4.69) is 16.3 Å². The number of aromatic nitrogens is 2. The SMILES string of the molecule is Cc1cccc(COc2ccc(/C(O)=C3/C(=O)C(=O)N(c4nnc(C)s4)C3c3cccc(Cl)c3)cc2)c1. The van der Waals surface area contributed by atoms with Gasteiger partial charge in [0.2, 0.25) is 5.13 Å². The van der Waals surface area contributed by atoms with Crippen molar-refractivity contribution >= 4 is 45.5 Å². The summed E-state index contributed by atoms with van der Waals surface area (Å²) in [6.07, 6.45) is 0. The maximum absolute atomic E-state index is 13.2. The Morgan fingerprint density at radius 2 is 1.78 bits per heavy atom. The van der Waals surface area contributed by atoms with Gasteiger partial charge in [-0.15, -0.1) is 10.2 Å². The van der Waals surface area contributed by atoms with Gasteiger partial charge in [0.1, 0.15) is 23.1 Å². The number of ether oxygens (including phenoxy) is 1. The summed E-state index contributed by atoms with van der Waals surface area (Å²) in [5, 5.41) is 20.7. The molecule has 0 radical (unpaired) electrons. The van der Waals surface area contributed by atoms with Gasteiger partial charge in [0.15, 0.2) is 0 Å². The van der Waals surface area contributed by atoms with Crippen molar-refractivity contribution in [2.45, 2.75) is 26.5 Å². The molecule has 1 amide bonds. The summed E-state index contributed by atoms with van der Waals surface area (Å²) < 4.78 is 5.87. The fraction of sp³-hybridized carbons (Fsp3) is 0.143. The normalized spacial score (nSPS) is 16.8. The van der Waals surface area contributed by atoms with Crippen molar-refractivity contribution in [1.82, 2.24) is 10.2 Å². The summed E-state index contributed by atoms with van der Waals surface area (Å²) in [4.78, 5) is 27.6. The number of benzene rings is 3. The lowest BCUT2D eigenvalue weighted by Gasteiger charge is -2.22. The lowest BCUT2D eigenvalue weighted by atomic mass is 9.95. The largest absolute Gasteiger partial charge is 0.507 e. The summed E-state index contributed by atoms with van der Waals surface area (Å²) in [7, 11) is 0. The Morgan fingerprint density at radius 1 is 1.03 bits per heavy atom. The number of aliphatic hydroxyl groups is 1. The molecule has 1 aromatic heterocycles. The number of anilines is 1. The van der Waals surface area contributed by atoms with Crippen LogP contribution in [0.5, 0.6) is 5.75 Å². The first-order valence-corrected chi connectivity index (χ1v) is 12.7. The average Bonchev–Trinajstić information content (AvgIpc) is 3.43. The minimum absolute atomic E-state index is 0.0476. The third-order valence-corrected chi connectivity index (χ3v) is 7.02. The van der Waals surface area contributed by atoms with Crippen LogP contribution in [0, 0.1) is 13.8 Å². The Kier molecular flexibility index (Phi) is 6.78. The molecule has 186 valence electrons. The van der Waals surface area contributed by atoms with Crippen LogP contribution < -0.4 is 9.64 Å². The van der Waals surface area contributed by atoms with Gasteiger partial charge < -0.3 is 9.84 Å². The van der Waals surface area contributed by atoms with Crippen molar-refractivity contribution in [3.8, 4) is 5.75 Å². The van der Waals surface area contributed by atoms with Gasteiger partial charge in [-0.05, 0) is 61.4 Å². The van der Waals surface area contributed by atoms with Gasteiger partial charge in [-0.1, -0.05) is 64.9 Å². The van der Waals surface area contributed by atoms with Crippen molar-refractivity contribution in [3.63, 3.8) is 0 Å². The van der Waals surface area contributed by atoms with Crippen LogP contribution in [0.15, 0.2) is 78.4 Å². The second-order valence-corrected chi connectivity index (χ2v) is 10.2. The first-order chi connectivity index (χ1) is 17.8. The minimum Gasteiger partial charge on any atom is -0.507 e. The number of nitrogens with zero attached hydrogens (tertiary/aromatic N) is 3. The fourth-order valence-electron chi connectivity index (χ4n) is 4.24. The molecule has 1 N–H and O–H groups in total. The van der Waals surface area contributed by atoms with Crippen LogP contribution in [-0.2, 0) is 16.2 Å². The Hall–Kier alpha value is -4.01. The number of rotatable bonds is 6. The monoisotopic (exact) mass is 531 g/mol. The highest BCUT2D eigenvalue weighted by Gasteiger charge is 2.48. The second kappa shape index (κ2) is 10.2. The van der Waals surface area contributed by atoms with Crippen LogP contribution in [0.1, 0.15) is 33.3 Å². The molecule has 1 atom stereocenters. The Labute approximate surface area is 222 Å². The topological polar surface area (TPSA) is 92.6 Å². The summed E-state index contributed by atoms with van der Waals surface area (Å²) in [5.41, 5.74) is 3.09. The number of aliphatic hydroxyl groups excluding tert-OH is 1.